The number of piperidine rings is 2. The number of rotatable bonds is 4. The maximum Gasteiger partial charge on any atom is 0.326 e. The molecule has 1 aromatic rings. The van der Waals surface area contributed by atoms with E-state index in [4.69, 9.17) is 0 Å². The van der Waals surface area contributed by atoms with Crippen molar-refractivity contribution in [1.82, 2.24) is 15.1 Å². The number of urea groups is 1. The van der Waals surface area contributed by atoms with E-state index in [-0.39, 0.29) is 17.4 Å². The van der Waals surface area contributed by atoms with Crippen LogP contribution in [0.25, 0.3) is 0 Å². The molecule has 2 aliphatic rings. The van der Waals surface area contributed by atoms with Crippen molar-refractivity contribution in [1.29, 1.82) is 0 Å². The minimum Gasteiger partial charge on any atom is -0.480 e. The molecule has 0 aromatic heterocycles. The molecule has 2 aliphatic heterocycles. The molecule has 2 fully saturated rings. The Balaban J connectivity index is 1.53. The smallest absolute Gasteiger partial charge is 0.326 e. The number of hydrogen-bond donors (Lipinski definition) is 2. The van der Waals surface area contributed by atoms with Crippen molar-refractivity contribution in [3.05, 3.63) is 35.9 Å². The zero-order chi connectivity index (χ0) is 19.4. The largest absolute Gasteiger partial charge is 0.480 e. The zero-order valence-corrected chi connectivity index (χ0v) is 15.7. The lowest BCUT2D eigenvalue weighted by Gasteiger charge is -2.48. The first kappa shape index (κ1) is 19.2. The number of aliphatic carboxylic acids is 1. The average Bonchev–Trinajstić information content (AvgIpc) is 2.69. The normalized spacial score (nSPS) is 20.4. The van der Waals surface area contributed by atoms with Crippen LogP contribution in [0.4, 0.5) is 4.79 Å². The summed E-state index contributed by atoms with van der Waals surface area (Å²) in [5.74, 6) is -1.06. The van der Waals surface area contributed by atoms with Gasteiger partial charge in [-0.05, 0) is 37.2 Å². The van der Waals surface area contributed by atoms with Gasteiger partial charge in [-0.25, -0.2) is 9.59 Å². The summed E-state index contributed by atoms with van der Waals surface area (Å²) in [6, 6.07) is 8.91. The van der Waals surface area contributed by atoms with Crippen molar-refractivity contribution < 1.29 is 19.5 Å². The molecular formula is C20H27N3O4. The maximum atomic E-state index is 12.4. The van der Waals surface area contributed by atoms with Gasteiger partial charge in [0.05, 0.1) is 0 Å². The molecule has 2 heterocycles. The van der Waals surface area contributed by atoms with Crippen LogP contribution < -0.4 is 5.32 Å². The van der Waals surface area contributed by atoms with E-state index in [9.17, 15) is 19.5 Å². The summed E-state index contributed by atoms with van der Waals surface area (Å²) < 4.78 is 0. The second kappa shape index (κ2) is 7.98. The Morgan fingerprint density at radius 3 is 2.48 bits per heavy atom. The van der Waals surface area contributed by atoms with Crippen LogP contribution in [-0.4, -0.2) is 58.5 Å². The van der Waals surface area contributed by atoms with Gasteiger partial charge in [-0.1, -0.05) is 30.3 Å². The molecule has 3 rings (SSSR count). The van der Waals surface area contributed by atoms with E-state index < -0.39 is 12.0 Å². The number of carbonyl (C=O) groups is 3. The third kappa shape index (κ3) is 4.40. The number of likely N-dealkylation sites (tertiary alicyclic amines) is 2. The first-order valence-corrected chi connectivity index (χ1v) is 9.49. The van der Waals surface area contributed by atoms with E-state index in [0.29, 0.717) is 32.6 Å². The SMILES string of the molecule is C[C@H](C(=O)O)N1CC2(CCC1=O)CCN(C(=O)NCc1ccccc1)CC2. The molecule has 7 heteroatoms. The number of carboxylic acid groups (broad SMARTS) is 1. The van der Waals surface area contributed by atoms with Crippen LogP contribution in [-0.2, 0) is 16.1 Å². The van der Waals surface area contributed by atoms with Gasteiger partial charge in [0, 0.05) is 32.6 Å². The van der Waals surface area contributed by atoms with Crippen molar-refractivity contribution in [2.24, 2.45) is 5.41 Å². The molecule has 27 heavy (non-hydrogen) atoms. The molecule has 2 saturated heterocycles. The fourth-order valence-corrected chi connectivity index (χ4v) is 4.01. The average molecular weight is 373 g/mol. The number of hydrogen-bond acceptors (Lipinski definition) is 3. The molecule has 1 aromatic carbocycles. The Morgan fingerprint density at radius 1 is 1.19 bits per heavy atom. The Morgan fingerprint density at radius 2 is 1.85 bits per heavy atom. The van der Waals surface area contributed by atoms with Crippen LogP contribution in [0.1, 0.15) is 38.2 Å². The van der Waals surface area contributed by atoms with Gasteiger partial charge >= 0.3 is 12.0 Å². The minimum atomic E-state index is -0.974. The Kier molecular flexibility index (Phi) is 5.68. The van der Waals surface area contributed by atoms with E-state index in [0.717, 1.165) is 24.8 Å². The fraction of sp³-hybridized carbons (Fsp3) is 0.550. The molecule has 3 amide bonds. The molecular weight excluding hydrogens is 346 g/mol. The van der Waals surface area contributed by atoms with Gasteiger partial charge in [0.25, 0.3) is 0 Å². The number of benzene rings is 1. The van der Waals surface area contributed by atoms with Gasteiger partial charge in [-0.15, -0.1) is 0 Å². The van der Waals surface area contributed by atoms with Gasteiger partial charge < -0.3 is 20.2 Å². The fourth-order valence-electron chi connectivity index (χ4n) is 4.01. The van der Waals surface area contributed by atoms with Crippen LogP contribution in [0, 0.1) is 5.41 Å². The molecule has 0 bridgehead atoms. The highest BCUT2D eigenvalue weighted by Crippen LogP contribution is 2.40. The highest BCUT2D eigenvalue weighted by Gasteiger charge is 2.43. The predicted octanol–water partition coefficient (Wildman–Crippen LogP) is 2.07. The Labute approximate surface area is 159 Å². The second-order valence-electron chi connectivity index (χ2n) is 7.67. The van der Waals surface area contributed by atoms with Crippen molar-refractivity contribution in [2.75, 3.05) is 19.6 Å². The van der Waals surface area contributed by atoms with E-state index in [2.05, 4.69) is 5.32 Å². The van der Waals surface area contributed by atoms with Gasteiger partial charge in [-0.3, -0.25) is 4.79 Å². The van der Waals surface area contributed by atoms with Crippen molar-refractivity contribution in [3.8, 4) is 0 Å². The number of amides is 3. The summed E-state index contributed by atoms with van der Waals surface area (Å²) >= 11 is 0. The van der Waals surface area contributed by atoms with Crippen LogP contribution in [0.5, 0.6) is 0 Å². The molecule has 7 nitrogen and oxygen atoms in total. The summed E-state index contributed by atoms with van der Waals surface area (Å²) in [6.07, 6.45) is 2.75. The van der Waals surface area contributed by atoms with Gasteiger partial charge in [0.1, 0.15) is 6.04 Å². The minimum absolute atomic E-state index is 0.0728. The predicted molar refractivity (Wildman–Crippen MR) is 100.0 cm³/mol. The van der Waals surface area contributed by atoms with Crippen LogP contribution in [0.2, 0.25) is 0 Å². The van der Waals surface area contributed by atoms with Crippen LogP contribution in [0.3, 0.4) is 0 Å². The Hall–Kier alpha value is -2.57. The number of nitrogens with zero attached hydrogens (tertiary/aromatic N) is 2. The first-order valence-electron chi connectivity index (χ1n) is 9.49. The highest BCUT2D eigenvalue weighted by molar-refractivity contribution is 5.84. The zero-order valence-electron chi connectivity index (χ0n) is 15.7. The number of carbonyl (C=O) groups excluding carboxylic acids is 2. The quantitative estimate of drug-likeness (QED) is 0.845. The standard InChI is InChI=1S/C20H27N3O4/c1-15(18(25)26)23-14-20(8-7-17(23)24)9-11-22(12-10-20)19(27)21-13-16-5-3-2-4-6-16/h2-6,15H,7-14H2,1H3,(H,21,27)(H,25,26)/t15-/m1/s1. The lowest BCUT2D eigenvalue weighted by Crippen LogP contribution is -2.56. The molecule has 1 atom stereocenters. The van der Waals surface area contributed by atoms with Crippen molar-refractivity contribution >= 4 is 17.9 Å². The Bertz CT molecular complexity index is 698. The lowest BCUT2D eigenvalue weighted by molar-refractivity contribution is -0.154. The third-order valence-corrected chi connectivity index (χ3v) is 5.92. The summed E-state index contributed by atoms with van der Waals surface area (Å²) in [4.78, 5) is 39.2. The summed E-state index contributed by atoms with van der Waals surface area (Å²) in [5.41, 5.74) is 0.983. The molecule has 0 radical (unpaired) electrons. The summed E-state index contributed by atoms with van der Waals surface area (Å²) in [6.45, 7) is 3.79. The van der Waals surface area contributed by atoms with Crippen LogP contribution in [0.15, 0.2) is 30.3 Å². The van der Waals surface area contributed by atoms with E-state index >= 15 is 0 Å². The lowest BCUT2D eigenvalue weighted by atomic mass is 9.72. The molecule has 146 valence electrons. The van der Waals surface area contributed by atoms with Crippen molar-refractivity contribution in [3.63, 3.8) is 0 Å². The third-order valence-electron chi connectivity index (χ3n) is 5.92. The van der Waals surface area contributed by atoms with Crippen molar-refractivity contribution in [2.45, 2.75) is 45.2 Å². The monoisotopic (exact) mass is 373 g/mol. The molecule has 1 spiro atoms. The number of nitrogens with one attached hydrogen (secondary N) is 1. The first-order chi connectivity index (χ1) is 12.9. The van der Waals surface area contributed by atoms with E-state index in [1.54, 1.807) is 6.92 Å². The van der Waals surface area contributed by atoms with Gasteiger partial charge in [-0.2, -0.15) is 0 Å². The van der Waals surface area contributed by atoms with E-state index in [1.807, 2.05) is 35.2 Å². The van der Waals surface area contributed by atoms with Crippen LogP contribution >= 0.6 is 0 Å². The topological polar surface area (TPSA) is 90.0 Å². The summed E-state index contributed by atoms with van der Waals surface area (Å²) in [5, 5.41) is 12.2. The molecule has 0 aliphatic carbocycles. The molecule has 0 saturated carbocycles. The van der Waals surface area contributed by atoms with Gasteiger partial charge in [0.15, 0.2) is 0 Å². The summed E-state index contributed by atoms with van der Waals surface area (Å²) in [7, 11) is 0. The maximum absolute atomic E-state index is 12.4. The van der Waals surface area contributed by atoms with E-state index in [1.165, 1.54) is 4.90 Å². The number of carboxylic acids is 1. The van der Waals surface area contributed by atoms with Gasteiger partial charge in [0.2, 0.25) is 5.91 Å². The molecule has 2 N–H and O–H groups in total. The second-order valence-corrected chi connectivity index (χ2v) is 7.67. The highest BCUT2D eigenvalue weighted by atomic mass is 16.4. The molecule has 0 unspecified atom stereocenters.